The van der Waals surface area contributed by atoms with Crippen molar-refractivity contribution >= 4 is 34.1 Å². The van der Waals surface area contributed by atoms with Crippen LogP contribution >= 0.6 is 23.1 Å². The van der Waals surface area contributed by atoms with Crippen molar-refractivity contribution in [1.29, 1.82) is 0 Å². The lowest BCUT2D eigenvalue weighted by molar-refractivity contribution is 0.102. The van der Waals surface area contributed by atoms with Crippen molar-refractivity contribution in [3.05, 3.63) is 34.8 Å². The average Bonchev–Trinajstić information content (AvgIpc) is 2.92. The zero-order chi connectivity index (χ0) is 14.4. The van der Waals surface area contributed by atoms with Gasteiger partial charge < -0.3 is 0 Å². The van der Waals surface area contributed by atoms with Gasteiger partial charge in [0.05, 0.1) is 0 Å². The molecular formula is C14H17N3OS2. The number of carbonyl (C=O) groups is 1. The molecule has 0 aliphatic carbocycles. The highest BCUT2D eigenvalue weighted by molar-refractivity contribution is 7.98. The lowest BCUT2D eigenvalue weighted by Crippen LogP contribution is -2.11. The number of benzene rings is 1. The molecule has 0 atom stereocenters. The van der Waals surface area contributed by atoms with Crippen molar-refractivity contribution < 1.29 is 4.79 Å². The summed E-state index contributed by atoms with van der Waals surface area (Å²) in [6.07, 6.45) is 5.16. The molecule has 106 valence electrons. The normalized spacial score (nSPS) is 10.5. The largest absolute Gasteiger partial charge is 0.296 e. The van der Waals surface area contributed by atoms with Gasteiger partial charge in [-0.25, -0.2) is 0 Å². The van der Waals surface area contributed by atoms with E-state index >= 15 is 0 Å². The molecule has 1 N–H and O–H groups in total. The number of thioether (sulfide) groups is 1. The lowest BCUT2D eigenvalue weighted by atomic mass is 10.2. The van der Waals surface area contributed by atoms with Gasteiger partial charge in [0.1, 0.15) is 5.01 Å². The second-order valence-corrected chi connectivity index (χ2v) is 6.23. The Labute approximate surface area is 127 Å². The maximum atomic E-state index is 12.1. The quantitative estimate of drug-likeness (QED) is 0.823. The molecule has 1 heterocycles. The molecule has 2 aromatic rings. The highest BCUT2D eigenvalue weighted by Crippen LogP contribution is 2.19. The van der Waals surface area contributed by atoms with E-state index in [4.69, 9.17) is 0 Å². The molecule has 2 rings (SSSR count). The molecule has 0 radical (unpaired) electrons. The van der Waals surface area contributed by atoms with Crippen molar-refractivity contribution in [2.45, 2.75) is 31.1 Å². The van der Waals surface area contributed by atoms with E-state index in [1.54, 1.807) is 11.8 Å². The Balaban J connectivity index is 1.97. The number of amides is 1. The summed E-state index contributed by atoms with van der Waals surface area (Å²) in [6, 6.07) is 7.51. The van der Waals surface area contributed by atoms with E-state index in [1.807, 2.05) is 30.5 Å². The second kappa shape index (κ2) is 7.40. The Morgan fingerprint density at radius 2 is 2.05 bits per heavy atom. The van der Waals surface area contributed by atoms with E-state index in [2.05, 4.69) is 22.4 Å². The first-order valence-electron chi connectivity index (χ1n) is 6.50. The maximum absolute atomic E-state index is 12.1. The molecule has 0 aliphatic rings. The molecule has 4 nitrogen and oxygen atoms in total. The smallest absolute Gasteiger partial charge is 0.257 e. The number of aryl methyl sites for hydroxylation is 1. The van der Waals surface area contributed by atoms with Crippen LogP contribution in [0.5, 0.6) is 0 Å². The van der Waals surface area contributed by atoms with Gasteiger partial charge in [-0.1, -0.05) is 24.7 Å². The number of rotatable bonds is 6. The molecule has 0 fully saturated rings. The van der Waals surface area contributed by atoms with Crippen molar-refractivity contribution in [2.75, 3.05) is 11.6 Å². The number of nitrogens with one attached hydrogen (secondary N) is 1. The van der Waals surface area contributed by atoms with E-state index in [0.717, 1.165) is 29.2 Å². The molecule has 6 heteroatoms. The molecule has 0 saturated heterocycles. The van der Waals surface area contributed by atoms with Gasteiger partial charge in [-0.15, -0.1) is 22.0 Å². The summed E-state index contributed by atoms with van der Waals surface area (Å²) in [6.45, 7) is 2.14. The van der Waals surface area contributed by atoms with Crippen LogP contribution in [0, 0.1) is 0 Å². The van der Waals surface area contributed by atoms with Crippen LogP contribution in [0.4, 0.5) is 5.13 Å². The Morgan fingerprint density at radius 1 is 1.30 bits per heavy atom. The fourth-order valence-corrected chi connectivity index (χ4v) is 2.83. The van der Waals surface area contributed by atoms with Crippen LogP contribution in [0.3, 0.4) is 0 Å². The lowest BCUT2D eigenvalue weighted by Gasteiger charge is -2.02. The van der Waals surface area contributed by atoms with Gasteiger partial charge in [-0.05, 0) is 36.9 Å². The summed E-state index contributed by atoms with van der Waals surface area (Å²) < 4.78 is 0. The van der Waals surface area contributed by atoms with E-state index in [-0.39, 0.29) is 5.91 Å². The number of unbranched alkanes of at least 4 members (excludes halogenated alkanes) is 1. The fraction of sp³-hybridized carbons (Fsp3) is 0.357. The van der Waals surface area contributed by atoms with Crippen LogP contribution in [-0.4, -0.2) is 22.4 Å². The number of hydrogen-bond acceptors (Lipinski definition) is 5. The van der Waals surface area contributed by atoms with E-state index in [0.29, 0.717) is 10.7 Å². The molecule has 1 aromatic heterocycles. The van der Waals surface area contributed by atoms with Crippen molar-refractivity contribution in [3.8, 4) is 0 Å². The van der Waals surface area contributed by atoms with Crippen LogP contribution < -0.4 is 5.32 Å². The highest BCUT2D eigenvalue weighted by atomic mass is 32.2. The van der Waals surface area contributed by atoms with Crippen LogP contribution in [0.15, 0.2) is 29.2 Å². The Morgan fingerprint density at radius 3 is 2.70 bits per heavy atom. The number of anilines is 1. The van der Waals surface area contributed by atoms with Crippen LogP contribution in [-0.2, 0) is 6.42 Å². The summed E-state index contributed by atoms with van der Waals surface area (Å²) in [7, 11) is 0. The monoisotopic (exact) mass is 307 g/mol. The van der Waals surface area contributed by atoms with Crippen LogP contribution in [0.25, 0.3) is 0 Å². The van der Waals surface area contributed by atoms with Gasteiger partial charge in [0.15, 0.2) is 0 Å². The summed E-state index contributed by atoms with van der Waals surface area (Å²) in [5, 5.41) is 12.4. The standard InChI is InChI=1S/C14H17N3OS2/c1-3-4-5-12-16-17-14(20-12)15-13(18)10-6-8-11(19-2)9-7-10/h6-9H,3-5H2,1-2H3,(H,15,17,18). The minimum absolute atomic E-state index is 0.143. The third-order valence-corrected chi connectivity index (χ3v) is 4.43. The number of hydrogen-bond donors (Lipinski definition) is 1. The average molecular weight is 307 g/mol. The molecule has 0 saturated carbocycles. The summed E-state index contributed by atoms with van der Waals surface area (Å²) in [5.41, 5.74) is 0.633. The van der Waals surface area contributed by atoms with Gasteiger partial charge in [-0.3, -0.25) is 10.1 Å². The summed E-state index contributed by atoms with van der Waals surface area (Å²) in [5.74, 6) is -0.143. The Hall–Kier alpha value is -1.40. The van der Waals surface area contributed by atoms with E-state index in [9.17, 15) is 4.79 Å². The zero-order valence-electron chi connectivity index (χ0n) is 11.5. The fourth-order valence-electron chi connectivity index (χ4n) is 1.64. The van der Waals surface area contributed by atoms with E-state index < -0.39 is 0 Å². The SMILES string of the molecule is CCCCc1nnc(NC(=O)c2ccc(SC)cc2)s1. The van der Waals surface area contributed by atoms with Crippen LogP contribution in [0.2, 0.25) is 0 Å². The highest BCUT2D eigenvalue weighted by Gasteiger charge is 2.10. The van der Waals surface area contributed by atoms with Crippen LogP contribution in [0.1, 0.15) is 35.1 Å². The summed E-state index contributed by atoms with van der Waals surface area (Å²) >= 11 is 3.10. The van der Waals surface area contributed by atoms with Crippen molar-refractivity contribution in [3.63, 3.8) is 0 Å². The zero-order valence-corrected chi connectivity index (χ0v) is 13.2. The van der Waals surface area contributed by atoms with Crippen molar-refractivity contribution in [2.24, 2.45) is 0 Å². The van der Waals surface area contributed by atoms with Gasteiger partial charge in [0, 0.05) is 16.9 Å². The first kappa shape index (κ1) is 15.0. The maximum Gasteiger partial charge on any atom is 0.257 e. The first-order chi connectivity index (χ1) is 9.72. The molecule has 1 aromatic carbocycles. The molecule has 0 bridgehead atoms. The third kappa shape index (κ3) is 4.05. The molecule has 20 heavy (non-hydrogen) atoms. The van der Waals surface area contributed by atoms with Gasteiger partial charge >= 0.3 is 0 Å². The second-order valence-electron chi connectivity index (χ2n) is 4.29. The minimum Gasteiger partial charge on any atom is -0.296 e. The number of aromatic nitrogens is 2. The minimum atomic E-state index is -0.143. The third-order valence-electron chi connectivity index (χ3n) is 2.78. The van der Waals surface area contributed by atoms with Gasteiger partial charge in [0.25, 0.3) is 5.91 Å². The Kier molecular flexibility index (Phi) is 5.55. The first-order valence-corrected chi connectivity index (χ1v) is 8.55. The molecule has 0 aliphatic heterocycles. The molecule has 0 spiro atoms. The molecular weight excluding hydrogens is 290 g/mol. The molecule has 0 unspecified atom stereocenters. The predicted molar refractivity (Wildman–Crippen MR) is 84.7 cm³/mol. The van der Waals surface area contributed by atoms with Gasteiger partial charge in [-0.2, -0.15) is 0 Å². The molecule has 1 amide bonds. The number of nitrogens with zero attached hydrogens (tertiary/aromatic N) is 2. The van der Waals surface area contributed by atoms with Crippen molar-refractivity contribution in [1.82, 2.24) is 10.2 Å². The van der Waals surface area contributed by atoms with Gasteiger partial charge in [0.2, 0.25) is 5.13 Å². The topological polar surface area (TPSA) is 54.9 Å². The van der Waals surface area contributed by atoms with E-state index in [1.165, 1.54) is 11.3 Å². The predicted octanol–water partition coefficient (Wildman–Crippen LogP) is 3.85. The Bertz CT molecular complexity index is 566. The number of carbonyl (C=O) groups excluding carboxylic acids is 1. The summed E-state index contributed by atoms with van der Waals surface area (Å²) in [4.78, 5) is 13.2.